The SMILES string of the molecule is CCOC1CCCN(C(=O)NC2(C(=O)O)CCOCC2)C1. The Hall–Kier alpha value is -1.34. The molecule has 2 saturated heterocycles. The summed E-state index contributed by atoms with van der Waals surface area (Å²) in [5.41, 5.74) is -1.20. The molecule has 120 valence electrons. The van der Waals surface area contributed by atoms with E-state index in [1.165, 1.54) is 0 Å². The van der Waals surface area contributed by atoms with Gasteiger partial charge in [-0.1, -0.05) is 0 Å². The Balaban J connectivity index is 1.97. The quantitative estimate of drug-likeness (QED) is 0.803. The molecule has 2 N–H and O–H groups in total. The van der Waals surface area contributed by atoms with Gasteiger partial charge in [0.15, 0.2) is 0 Å². The lowest BCUT2D eigenvalue weighted by Crippen LogP contribution is -2.61. The maximum Gasteiger partial charge on any atom is 0.329 e. The molecular formula is C14H24N2O5. The average molecular weight is 300 g/mol. The van der Waals surface area contributed by atoms with Gasteiger partial charge in [-0.15, -0.1) is 0 Å². The van der Waals surface area contributed by atoms with Crippen molar-refractivity contribution >= 4 is 12.0 Å². The van der Waals surface area contributed by atoms with Crippen molar-refractivity contribution in [3.05, 3.63) is 0 Å². The number of carbonyl (C=O) groups is 2. The topological polar surface area (TPSA) is 88.1 Å². The van der Waals surface area contributed by atoms with Crippen molar-refractivity contribution in [2.24, 2.45) is 0 Å². The number of ether oxygens (including phenoxy) is 2. The number of piperidine rings is 1. The van der Waals surface area contributed by atoms with E-state index in [0.717, 1.165) is 12.8 Å². The number of carboxylic acid groups (broad SMARTS) is 1. The Morgan fingerprint density at radius 2 is 2.14 bits per heavy atom. The van der Waals surface area contributed by atoms with Crippen molar-refractivity contribution in [2.75, 3.05) is 32.9 Å². The fraction of sp³-hybridized carbons (Fsp3) is 0.857. The molecule has 21 heavy (non-hydrogen) atoms. The van der Waals surface area contributed by atoms with Crippen molar-refractivity contribution in [1.82, 2.24) is 10.2 Å². The second kappa shape index (κ2) is 7.09. The number of aliphatic carboxylic acids is 1. The fourth-order valence-electron chi connectivity index (χ4n) is 2.89. The molecule has 7 nitrogen and oxygen atoms in total. The first-order chi connectivity index (χ1) is 10.1. The van der Waals surface area contributed by atoms with Gasteiger partial charge >= 0.3 is 12.0 Å². The molecule has 2 heterocycles. The van der Waals surface area contributed by atoms with Gasteiger partial charge in [0.2, 0.25) is 0 Å². The molecule has 0 spiro atoms. The summed E-state index contributed by atoms with van der Waals surface area (Å²) in [4.78, 5) is 25.6. The number of rotatable bonds is 4. The van der Waals surface area contributed by atoms with E-state index < -0.39 is 11.5 Å². The minimum absolute atomic E-state index is 0.0463. The smallest absolute Gasteiger partial charge is 0.329 e. The molecule has 0 aromatic carbocycles. The zero-order valence-corrected chi connectivity index (χ0v) is 12.5. The van der Waals surface area contributed by atoms with Gasteiger partial charge in [0.1, 0.15) is 5.54 Å². The number of amides is 2. The molecule has 1 unspecified atom stereocenters. The first-order valence-electron chi connectivity index (χ1n) is 7.57. The predicted octanol–water partition coefficient (Wildman–Crippen LogP) is 0.831. The highest BCUT2D eigenvalue weighted by Crippen LogP contribution is 2.22. The second-order valence-corrected chi connectivity index (χ2v) is 5.60. The van der Waals surface area contributed by atoms with Gasteiger partial charge < -0.3 is 24.8 Å². The van der Waals surface area contributed by atoms with Crippen LogP contribution < -0.4 is 5.32 Å². The third-order valence-electron chi connectivity index (χ3n) is 4.17. The summed E-state index contributed by atoms with van der Waals surface area (Å²) in [5, 5.41) is 12.2. The van der Waals surface area contributed by atoms with Crippen molar-refractivity contribution in [2.45, 2.75) is 44.2 Å². The molecule has 2 aliphatic heterocycles. The van der Waals surface area contributed by atoms with Crippen LogP contribution in [-0.4, -0.2) is 66.6 Å². The summed E-state index contributed by atoms with van der Waals surface area (Å²) < 4.78 is 10.8. The molecule has 0 radical (unpaired) electrons. The Bertz CT molecular complexity index is 380. The summed E-state index contributed by atoms with van der Waals surface area (Å²) in [5.74, 6) is -0.988. The standard InChI is InChI=1S/C14H24N2O5/c1-2-21-11-4-3-7-16(10-11)13(19)15-14(12(17)18)5-8-20-9-6-14/h11H,2-10H2,1H3,(H,15,19)(H,17,18). The van der Waals surface area contributed by atoms with Gasteiger partial charge in [-0.05, 0) is 19.8 Å². The van der Waals surface area contributed by atoms with E-state index in [-0.39, 0.29) is 12.1 Å². The van der Waals surface area contributed by atoms with Crippen LogP contribution in [-0.2, 0) is 14.3 Å². The van der Waals surface area contributed by atoms with E-state index in [1.807, 2.05) is 6.92 Å². The molecule has 7 heteroatoms. The molecule has 0 bridgehead atoms. The number of hydrogen-bond acceptors (Lipinski definition) is 4. The highest BCUT2D eigenvalue weighted by atomic mass is 16.5. The van der Waals surface area contributed by atoms with E-state index in [9.17, 15) is 14.7 Å². The van der Waals surface area contributed by atoms with Crippen LogP contribution in [0, 0.1) is 0 Å². The largest absolute Gasteiger partial charge is 0.480 e. The molecule has 0 aromatic rings. The third kappa shape index (κ3) is 3.85. The van der Waals surface area contributed by atoms with Gasteiger partial charge in [-0.2, -0.15) is 0 Å². The molecular weight excluding hydrogens is 276 g/mol. The van der Waals surface area contributed by atoms with Crippen LogP contribution in [0.2, 0.25) is 0 Å². The van der Waals surface area contributed by atoms with Crippen molar-refractivity contribution in [3.63, 3.8) is 0 Å². The maximum atomic E-state index is 12.4. The number of hydrogen-bond donors (Lipinski definition) is 2. The number of carboxylic acids is 1. The summed E-state index contributed by atoms with van der Waals surface area (Å²) in [7, 11) is 0. The number of nitrogens with zero attached hydrogens (tertiary/aromatic N) is 1. The van der Waals surface area contributed by atoms with E-state index in [1.54, 1.807) is 4.90 Å². The molecule has 0 saturated carbocycles. The monoisotopic (exact) mass is 300 g/mol. The van der Waals surface area contributed by atoms with E-state index >= 15 is 0 Å². The molecule has 2 aliphatic rings. The first kappa shape index (κ1) is 16.0. The summed E-state index contributed by atoms with van der Waals surface area (Å²) in [6, 6.07) is -0.316. The lowest BCUT2D eigenvalue weighted by atomic mass is 9.90. The Morgan fingerprint density at radius 3 is 2.76 bits per heavy atom. The van der Waals surface area contributed by atoms with Crippen LogP contribution in [0.4, 0.5) is 4.79 Å². The van der Waals surface area contributed by atoms with Crippen molar-refractivity contribution < 1.29 is 24.2 Å². The summed E-state index contributed by atoms with van der Waals surface area (Å²) in [6.07, 6.45) is 2.47. The summed E-state index contributed by atoms with van der Waals surface area (Å²) >= 11 is 0. The highest BCUT2D eigenvalue weighted by Gasteiger charge is 2.42. The minimum Gasteiger partial charge on any atom is -0.480 e. The van der Waals surface area contributed by atoms with Gasteiger partial charge in [0.25, 0.3) is 0 Å². The van der Waals surface area contributed by atoms with Gasteiger partial charge in [0, 0.05) is 45.8 Å². The van der Waals surface area contributed by atoms with Crippen LogP contribution in [0.1, 0.15) is 32.6 Å². The van der Waals surface area contributed by atoms with Crippen molar-refractivity contribution in [3.8, 4) is 0 Å². The lowest BCUT2D eigenvalue weighted by Gasteiger charge is -2.38. The van der Waals surface area contributed by atoms with Crippen LogP contribution in [0.5, 0.6) is 0 Å². The number of carbonyl (C=O) groups excluding carboxylic acids is 1. The predicted molar refractivity (Wildman–Crippen MR) is 75.2 cm³/mol. The zero-order valence-electron chi connectivity index (χ0n) is 12.5. The number of likely N-dealkylation sites (tertiary alicyclic amines) is 1. The van der Waals surface area contributed by atoms with E-state index in [2.05, 4.69) is 5.32 Å². The summed E-state index contributed by atoms with van der Waals surface area (Å²) in [6.45, 7) is 4.42. The van der Waals surface area contributed by atoms with Gasteiger partial charge in [-0.25, -0.2) is 9.59 Å². The van der Waals surface area contributed by atoms with Crippen LogP contribution in [0.25, 0.3) is 0 Å². The average Bonchev–Trinajstić information content (AvgIpc) is 2.48. The van der Waals surface area contributed by atoms with Crippen LogP contribution >= 0.6 is 0 Å². The molecule has 1 atom stereocenters. The Kier molecular flexibility index (Phi) is 5.41. The fourth-order valence-corrected chi connectivity index (χ4v) is 2.89. The number of urea groups is 1. The molecule has 2 rings (SSSR count). The highest BCUT2D eigenvalue weighted by molar-refractivity contribution is 5.86. The van der Waals surface area contributed by atoms with Gasteiger partial charge in [-0.3, -0.25) is 0 Å². The van der Waals surface area contributed by atoms with Crippen molar-refractivity contribution in [1.29, 1.82) is 0 Å². The first-order valence-corrected chi connectivity index (χ1v) is 7.57. The van der Waals surface area contributed by atoms with E-state index in [0.29, 0.717) is 45.8 Å². The Labute approximate surface area is 124 Å². The zero-order chi connectivity index (χ0) is 15.3. The third-order valence-corrected chi connectivity index (χ3v) is 4.17. The Morgan fingerprint density at radius 1 is 1.43 bits per heavy atom. The maximum absolute atomic E-state index is 12.4. The second-order valence-electron chi connectivity index (χ2n) is 5.60. The molecule has 2 fully saturated rings. The van der Waals surface area contributed by atoms with Crippen LogP contribution in [0.15, 0.2) is 0 Å². The minimum atomic E-state index is -1.20. The van der Waals surface area contributed by atoms with E-state index in [4.69, 9.17) is 9.47 Å². The molecule has 0 aliphatic carbocycles. The van der Waals surface area contributed by atoms with Crippen LogP contribution in [0.3, 0.4) is 0 Å². The molecule has 0 aromatic heterocycles. The number of nitrogens with one attached hydrogen (secondary N) is 1. The van der Waals surface area contributed by atoms with Gasteiger partial charge in [0.05, 0.1) is 6.10 Å². The molecule has 2 amide bonds. The lowest BCUT2D eigenvalue weighted by molar-refractivity contribution is -0.148. The normalized spacial score (nSPS) is 25.4.